The maximum absolute atomic E-state index is 11.1. The van der Waals surface area contributed by atoms with Crippen LogP contribution in [-0.2, 0) is 4.79 Å². The zero-order chi connectivity index (χ0) is 10.6. The quantitative estimate of drug-likeness (QED) is 0.601. The number of anilines is 1. The summed E-state index contributed by atoms with van der Waals surface area (Å²) in [5.74, 6) is -0.224. The molecule has 0 aliphatic rings. The molecule has 4 N–H and O–H groups in total. The van der Waals surface area contributed by atoms with Crippen LogP contribution >= 0.6 is 0 Å². The highest BCUT2D eigenvalue weighted by molar-refractivity contribution is 5.74. The minimum absolute atomic E-state index is 0.163. The van der Waals surface area contributed by atoms with Crippen molar-refractivity contribution in [1.29, 1.82) is 0 Å². The lowest BCUT2D eigenvalue weighted by atomic mass is 10.2. The number of hydrogen-bond acceptors (Lipinski definition) is 4. The topological polar surface area (TPSA) is 101 Å². The Labute approximate surface area is 80.5 Å². The molecule has 0 aromatic carbocycles. The van der Waals surface area contributed by atoms with Crippen LogP contribution in [0.4, 0.5) is 5.82 Å². The third-order valence-corrected chi connectivity index (χ3v) is 1.60. The Morgan fingerprint density at radius 3 is 3.07 bits per heavy atom. The van der Waals surface area contributed by atoms with Crippen molar-refractivity contribution in [2.75, 3.05) is 5.32 Å². The molecule has 0 spiro atoms. The largest absolute Gasteiger partial charge is 0.370 e. The van der Waals surface area contributed by atoms with Gasteiger partial charge in [0.05, 0.1) is 0 Å². The first kappa shape index (κ1) is 10.2. The van der Waals surface area contributed by atoms with Crippen molar-refractivity contribution in [3.05, 3.63) is 22.7 Å². The van der Waals surface area contributed by atoms with Gasteiger partial charge in [-0.3, -0.25) is 9.59 Å². The van der Waals surface area contributed by atoms with Crippen molar-refractivity contribution >= 4 is 11.7 Å². The molecule has 76 valence electrons. The highest BCUT2D eigenvalue weighted by Gasteiger charge is 2.07. The third kappa shape index (κ3) is 2.89. The lowest BCUT2D eigenvalue weighted by molar-refractivity contribution is -0.118. The number of nitrogens with zero attached hydrogens (tertiary/aromatic N) is 1. The van der Waals surface area contributed by atoms with E-state index in [0.717, 1.165) is 0 Å². The van der Waals surface area contributed by atoms with E-state index in [1.54, 1.807) is 6.92 Å². The van der Waals surface area contributed by atoms with Crippen LogP contribution in [-0.4, -0.2) is 21.9 Å². The summed E-state index contributed by atoms with van der Waals surface area (Å²) in [4.78, 5) is 28.0. The van der Waals surface area contributed by atoms with Crippen LogP contribution in [0, 0.1) is 0 Å². The number of primary amides is 1. The Morgan fingerprint density at radius 1 is 1.79 bits per heavy atom. The molecule has 1 rings (SSSR count). The Morgan fingerprint density at radius 2 is 2.50 bits per heavy atom. The Balaban J connectivity index is 2.65. The van der Waals surface area contributed by atoms with Crippen LogP contribution in [0.25, 0.3) is 0 Å². The van der Waals surface area contributed by atoms with E-state index in [9.17, 15) is 9.59 Å². The fourth-order valence-electron chi connectivity index (χ4n) is 1.04. The van der Waals surface area contributed by atoms with E-state index in [0.29, 0.717) is 0 Å². The van der Waals surface area contributed by atoms with Crippen molar-refractivity contribution < 1.29 is 4.79 Å². The van der Waals surface area contributed by atoms with Crippen LogP contribution in [0.1, 0.15) is 13.3 Å². The number of nitrogens with one attached hydrogen (secondary N) is 2. The van der Waals surface area contributed by atoms with Crippen molar-refractivity contribution in [3.63, 3.8) is 0 Å². The first-order valence-corrected chi connectivity index (χ1v) is 4.18. The van der Waals surface area contributed by atoms with Gasteiger partial charge in [-0.1, -0.05) is 0 Å². The Hall–Kier alpha value is -1.85. The maximum Gasteiger partial charge on any atom is 0.290 e. The number of hydrogen-bond donors (Lipinski definition) is 3. The second kappa shape index (κ2) is 4.40. The number of aromatic nitrogens is 2. The van der Waals surface area contributed by atoms with Crippen LogP contribution in [0.15, 0.2) is 17.2 Å². The number of rotatable bonds is 4. The highest BCUT2D eigenvalue weighted by Crippen LogP contribution is 1.98. The van der Waals surface area contributed by atoms with Crippen molar-refractivity contribution in [1.82, 2.24) is 9.97 Å². The zero-order valence-electron chi connectivity index (χ0n) is 7.78. The van der Waals surface area contributed by atoms with Gasteiger partial charge in [0, 0.05) is 24.9 Å². The number of aromatic amines is 1. The normalized spacial score (nSPS) is 12.1. The van der Waals surface area contributed by atoms with Gasteiger partial charge in [0.15, 0.2) is 5.82 Å². The molecule has 1 aromatic heterocycles. The second-order valence-electron chi connectivity index (χ2n) is 2.98. The molecule has 14 heavy (non-hydrogen) atoms. The number of carbonyl (C=O) groups excluding carboxylic acids is 1. The smallest absolute Gasteiger partial charge is 0.290 e. The third-order valence-electron chi connectivity index (χ3n) is 1.60. The minimum Gasteiger partial charge on any atom is -0.370 e. The molecule has 0 saturated carbocycles. The van der Waals surface area contributed by atoms with Gasteiger partial charge < -0.3 is 16.0 Å². The minimum atomic E-state index is -0.419. The molecule has 1 aromatic rings. The van der Waals surface area contributed by atoms with Crippen molar-refractivity contribution in [3.8, 4) is 0 Å². The van der Waals surface area contributed by atoms with Gasteiger partial charge in [-0.25, -0.2) is 4.98 Å². The fraction of sp³-hybridized carbons (Fsp3) is 0.375. The van der Waals surface area contributed by atoms with E-state index in [1.807, 2.05) is 0 Å². The monoisotopic (exact) mass is 196 g/mol. The van der Waals surface area contributed by atoms with E-state index in [-0.39, 0.29) is 23.8 Å². The standard InChI is InChI=1S/C8H12N4O2/c1-5(4-6(9)13)12-7-8(14)11-3-2-10-7/h2-3,5H,4H2,1H3,(H2,9,13)(H,10,12)(H,11,14). The van der Waals surface area contributed by atoms with E-state index in [1.165, 1.54) is 12.4 Å². The zero-order valence-corrected chi connectivity index (χ0v) is 7.78. The molecular weight excluding hydrogens is 184 g/mol. The first-order valence-electron chi connectivity index (χ1n) is 4.18. The van der Waals surface area contributed by atoms with E-state index in [4.69, 9.17) is 5.73 Å². The molecule has 1 unspecified atom stereocenters. The van der Waals surface area contributed by atoms with Crippen molar-refractivity contribution in [2.24, 2.45) is 5.73 Å². The maximum atomic E-state index is 11.1. The summed E-state index contributed by atoms with van der Waals surface area (Å²) in [6.07, 6.45) is 3.06. The van der Waals surface area contributed by atoms with Gasteiger partial charge in [-0.05, 0) is 6.92 Å². The average molecular weight is 196 g/mol. The number of amides is 1. The molecule has 0 aliphatic heterocycles. The summed E-state index contributed by atoms with van der Waals surface area (Å²) in [6.45, 7) is 1.75. The Kier molecular flexibility index (Phi) is 3.22. The molecule has 0 bridgehead atoms. The first-order chi connectivity index (χ1) is 6.59. The van der Waals surface area contributed by atoms with E-state index in [2.05, 4.69) is 15.3 Å². The lowest BCUT2D eigenvalue weighted by Gasteiger charge is -2.10. The second-order valence-corrected chi connectivity index (χ2v) is 2.98. The van der Waals surface area contributed by atoms with Gasteiger partial charge in [-0.15, -0.1) is 0 Å². The SMILES string of the molecule is CC(CC(N)=O)Nc1ncc[nH]c1=O. The predicted octanol–water partition coefficient (Wildman–Crippen LogP) is -0.554. The average Bonchev–Trinajstić information content (AvgIpc) is 2.07. The number of H-pyrrole nitrogens is 1. The van der Waals surface area contributed by atoms with Gasteiger partial charge >= 0.3 is 0 Å². The summed E-state index contributed by atoms with van der Waals surface area (Å²) in [6, 6.07) is -0.205. The van der Waals surface area contributed by atoms with Gasteiger partial charge in [-0.2, -0.15) is 0 Å². The van der Waals surface area contributed by atoms with Crippen molar-refractivity contribution in [2.45, 2.75) is 19.4 Å². The van der Waals surface area contributed by atoms with Crippen LogP contribution in [0.3, 0.4) is 0 Å². The molecule has 6 heteroatoms. The number of nitrogens with two attached hydrogens (primary N) is 1. The lowest BCUT2D eigenvalue weighted by Crippen LogP contribution is -2.27. The van der Waals surface area contributed by atoms with Gasteiger partial charge in [0.25, 0.3) is 5.56 Å². The molecule has 1 atom stereocenters. The molecule has 0 aliphatic carbocycles. The molecule has 1 amide bonds. The summed E-state index contributed by atoms with van der Waals surface area (Å²) < 4.78 is 0. The predicted molar refractivity (Wildman–Crippen MR) is 51.8 cm³/mol. The highest BCUT2D eigenvalue weighted by atomic mass is 16.1. The van der Waals surface area contributed by atoms with E-state index >= 15 is 0 Å². The summed E-state index contributed by atoms with van der Waals surface area (Å²) in [5.41, 5.74) is 4.68. The molecule has 0 fully saturated rings. The summed E-state index contributed by atoms with van der Waals surface area (Å²) in [5, 5.41) is 2.79. The summed E-state index contributed by atoms with van der Waals surface area (Å²) in [7, 11) is 0. The molecule has 0 radical (unpaired) electrons. The fourth-order valence-corrected chi connectivity index (χ4v) is 1.04. The van der Waals surface area contributed by atoms with Crippen LogP contribution in [0.2, 0.25) is 0 Å². The van der Waals surface area contributed by atoms with E-state index < -0.39 is 5.91 Å². The van der Waals surface area contributed by atoms with Gasteiger partial charge in [0.2, 0.25) is 5.91 Å². The molecule has 1 heterocycles. The Bertz CT molecular complexity index is 374. The molecule has 6 nitrogen and oxygen atoms in total. The number of carbonyl (C=O) groups is 1. The van der Waals surface area contributed by atoms with Crippen LogP contribution < -0.4 is 16.6 Å². The molecule has 0 saturated heterocycles. The van der Waals surface area contributed by atoms with Gasteiger partial charge in [0.1, 0.15) is 0 Å². The summed E-state index contributed by atoms with van der Waals surface area (Å²) >= 11 is 0. The molecular formula is C8H12N4O2. The van der Waals surface area contributed by atoms with Crippen LogP contribution in [0.5, 0.6) is 0 Å².